The van der Waals surface area contributed by atoms with Crippen LogP contribution in [-0.4, -0.2) is 74.0 Å². The molecule has 3 N–H and O–H groups in total. The first-order valence-electron chi connectivity index (χ1n) is 13.0. The Kier molecular flexibility index (Phi) is 12.7. The highest BCUT2D eigenvalue weighted by Gasteiger charge is 2.13. The third-order valence-corrected chi connectivity index (χ3v) is 6.04. The largest absolute Gasteiger partial charge is 0.385 e. The zero-order chi connectivity index (χ0) is 25.5. The van der Waals surface area contributed by atoms with E-state index in [1.165, 1.54) is 0 Å². The van der Waals surface area contributed by atoms with Gasteiger partial charge < -0.3 is 25.8 Å². The molecule has 0 saturated heterocycles. The van der Waals surface area contributed by atoms with Gasteiger partial charge in [0, 0.05) is 61.8 Å². The summed E-state index contributed by atoms with van der Waals surface area (Å²) in [5, 5.41) is 10.3. The fourth-order valence-corrected chi connectivity index (χ4v) is 3.93. The lowest BCUT2D eigenvalue weighted by Crippen LogP contribution is -2.30. The van der Waals surface area contributed by atoms with E-state index in [4.69, 9.17) is 0 Å². The van der Waals surface area contributed by atoms with Gasteiger partial charge in [0.2, 0.25) is 0 Å². The van der Waals surface area contributed by atoms with Crippen molar-refractivity contribution < 1.29 is 9.59 Å². The van der Waals surface area contributed by atoms with Crippen LogP contribution in [0.15, 0.2) is 48.5 Å². The normalized spacial score (nSPS) is 10.6. The predicted molar refractivity (Wildman–Crippen MR) is 146 cm³/mol. The Hall–Kier alpha value is -3.06. The highest BCUT2D eigenvalue weighted by molar-refractivity contribution is 5.95. The van der Waals surface area contributed by atoms with Crippen LogP contribution in [0.1, 0.15) is 61.3 Å². The molecule has 192 valence electrons. The third-order valence-electron chi connectivity index (χ3n) is 6.04. The fourth-order valence-electron chi connectivity index (χ4n) is 3.93. The van der Waals surface area contributed by atoms with E-state index in [1.54, 1.807) is 0 Å². The zero-order valence-corrected chi connectivity index (χ0v) is 21.9. The van der Waals surface area contributed by atoms with E-state index >= 15 is 0 Å². The summed E-state index contributed by atoms with van der Waals surface area (Å²) in [5.74, 6) is 0.160. The average Bonchev–Trinajstić information content (AvgIpc) is 2.89. The molecule has 0 unspecified atom stereocenters. The van der Waals surface area contributed by atoms with Crippen molar-refractivity contribution in [3.63, 3.8) is 0 Å². The van der Waals surface area contributed by atoms with Crippen molar-refractivity contribution in [3.8, 4) is 0 Å². The molecule has 35 heavy (non-hydrogen) atoms. The second kappa shape index (κ2) is 15.8. The van der Waals surface area contributed by atoms with Crippen molar-refractivity contribution in [2.45, 2.75) is 40.5 Å². The number of carbonyl (C=O) groups is 2. The van der Waals surface area contributed by atoms with Crippen LogP contribution in [0.4, 0.5) is 11.4 Å². The second-order valence-electron chi connectivity index (χ2n) is 8.43. The van der Waals surface area contributed by atoms with E-state index in [9.17, 15) is 9.59 Å². The SMILES string of the molecule is CCN(CC)C(=O)c1cccc(NCCCNCCCNc2cccc(C(=O)N(CC)CC)c2)c1. The molecule has 0 aliphatic rings. The minimum atomic E-state index is 0.0798. The fraction of sp³-hybridized carbons (Fsp3) is 0.500. The van der Waals surface area contributed by atoms with Crippen LogP contribution >= 0.6 is 0 Å². The van der Waals surface area contributed by atoms with Gasteiger partial charge in [-0.3, -0.25) is 9.59 Å². The number of amides is 2. The van der Waals surface area contributed by atoms with Gasteiger partial charge in [-0.15, -0.1) is 0 Å². The monoisotopic (exact) mass is 481 g/mol. The van der Waals surface area contributed by atoms with E-state index in [-0.39, 0.29) is 11.8 Å². The Labute approximate surface area is 211 Å². The molecule has 0 aliphatic heterocycles. The molecule has 0 bridgehead atoms. The van der Waals surface area contributed by atoms with Crippen molar-refractivity contribution in [1.29, 1.82) is 0 Å². The van der Waals surface area contributed by atoms with Crippen molar-refractivity contribution in [3.05, 3.63) is 59.7 Å². The molecule has 0 spiro atoms. The number of anilines is 2. The Morgan fingerprint density at radius 1 is 0.629 bits per heavy atom. The highest BCUT2D eigenvalue weighted by atomic mass is 16.2. The maximum atomic E-state index is 12.5. The van der Waals surface area contributed by atoms with Crippen LogP contribution in [0, 0.1) is 0 Å². The summed E-state index contributed by atoms with van der Waals surface area (Å²) in [6.45, 7) is 14.4. The number of nitrogens with one attached hydrogen (secondary N) is 3. The number of benzene rings is 2. The second-order valence-corrected chi connectivity index (χ2v) is 8.43. The highest BCUT2D eigenvalue weighted by Crippen LogP contribution is 2.14. The van der Waals surface area contributed by atoms with Gasteiger partial charge in [-0.2, -0.15) is 0 Å². The maximum absolute atomic E-state index is 12.5. The van der Waals surface area contributed by atoms with E-state index in [2.05, 4.69) is 16.0 Å². The van der Waals surface area contributed by atoms with E-state index < -0.39 is 0 Å². The molecule has 7 nitrogen and oxygen atoms in total. The molecule has 0 radical (unpaired) electrons. The molecule has 2 aromatic rings. The summed E-state index contributed by atoms with van der Waals surface area (Å²) in [5.41, 5.74) is 3.42. The number of carbonyl (C=O) groups excluding carboxylic acids is 2. The predicted octanol–water partition coefficient (Wildman–Crippen LogP) is 4.54. The molecule has 0 heterocycles. The Morgan fingerprint density at radius 3 is 1.40 bits per heavy atom. The minimum Gasteiger partial charge on any atom is -0.385 e. The Morgan fingerprint density at radius 2 is 1.03 bits per heavy atom. The van der Waals surface area contributed by atoms with Crippen molar-refractivity contribution in [2.75, 3.05) is 63.0 Å². The minimum absolute atomic E-state index is 0.0798. The number of hydrogen-bond acceptors (Lipinski definition) is 5. The molecule has 7 heteroatoms. The van der Waals surface area contributed by atoms with Crippen molar-refractivity contribution in [1.82, 2.24) is 15.1 Å². The van der Waals surface area contributed by atoms with E-state index in [1.807, 2.05) is 86.0 Å². The summed E-state index contributed by atoms with van der Waals surface area (Å²) in [6.07, 6.45) is 1.99. The van der Waals surface area contributed by atoms with Gasteiger partial charge in [0.25, 0.3) is 11.8 Å². The summed E-state index contributed by atoms with van der Waals surface area (Å²) < 4.78 is 0. The number of hydrogen-bond donors (Lipinski definition) is 3. The lowest BCUT2D eigenvalue weighted by Gasteiger charge is -2.19. The zero-order valence-electron chi connectivity index (χ0n) is 21.9. The Balaban J connectivity index is 1.62. The molecule has 0 aliphatic carbocycles. The molecule has 2 rings (SSSR count). The van der Waals surface area contributed by atoms with Crippen LogP contribution < -0.4 is 16.0 Å². The topological polar surface area (TPSA) is 76.7 Å². The molecule has 0 aromatic heterocycles. The van der Waals surface area contributed by atoms with E-state index in [0.29, 0.717) is 0 Å². The maximum Gasteiger partial charge on any atom is 0.253 e. The molecular formula is C28H43N5O2. The van der Waals surface area contributed by atoms with Crippen LogP contribution in [-0.2, 0) is 0 Å². The molecule has 2 amide bonds. The lowest BCUT2D eigenvalue weighted by molar-refractivity contribution is 0.0765. The van der Waals surface area contributed by atoms with Crippen LogP contribution in [0.3, 0.4) is 0 Å². The first-order chi connectivity index (χ1) is 17.0. The van der Waals surface area contributed by atoms with Gasteiger partial charge in [-0.25, -0.2) is 0 Å². The molecule has 2 aromatic carbocycles. The van der Waals surface area contributed by atoms with Gasteiger partial charge in [0.05, 0.1) is 0 Å². The van der Waals surface area contributed by atoms with Crippen LogP contribution in [0.2, 0.25) is 0 Å². The van der Waals surface area contributed by atoms with Gasteiger partial charge in [0.1, 0.15) is 0 Å². The molecule has 0 fully saturated rings. The molecular weight excluding hydrogens is 438 g/mol. The Bertz CT molecular complexity index is 836. The summed E-state index contributed by atoms with van der Waals surface area (Å²) in [4.78, 5) is 28.7. The first-order valence-corrected chi connectivity index (χ1v) is 13.0. The van der Waals surface area contributed by atoms with E-state index in [0.717, 1.165) is 87.7 Å². The summed E-state index contributed by atoms with van der Waals surface area (Å²) in [6, 6.07) is 15.5. The summed E-state index contributed by atoms with van der Waals surface area (Å²) >= 11 is 0. The third kappa shape index (κ3) is 9.25. The standard InChI is InChI=1S/C28H43N5O2/c1-5-32(6-2)27(34)23-13-9-15-25(21-23)30-19-11-17-29-18-12-20-31-26-16-10-14-24(22-26)28(35)33(7-3)8-4/h9-10,13-16,21-22,29-31H,5-8,11-12,17-20H2,1-4H3. The molecule has 0 atom stereocenters. The van der Waals surface area contributed by atoms with Gasteiger partial charge in [-0.05, 0) is 90.0 Å². The van der Waals surface area contributed by atoms with Crippen molar-refractivity contribution in [2.24, 2.45) is 0 Å². The van der Waals surface area contributed by atoms with Gasteiger partial charge in [0.15, 0.2) is 0 Å². The van der Waals surface area contributed by atoms with Gasteiger partial charge >= 0.3 is 0 Å². The smallest absolute Gasteiger partial charge is 0.253 e. The average molecular weight is 482 g/mol. The summed E-state index contributed by atoms with van der Waals surface area (Å²) in [7, 11) is 0. The molecule has 0 saturated carbocycles. The number of rotatable bonds is 16. The van der Waals surface area contributed by atoms with Crippen LogP contribution in [0.25, 0.3) is 0 Å². The number of nitrogens with zero attached hydrogens (tertiary/aromatic N) is 2. The van der Waals surface area contributed by atoms with Gasteiger partial charge in [-0.1, -0.05) is 12.1 Å². The van der Waals surface area contributed by atoms with Crippen LogP contribution in [0.5, 0.6) is 0 Å². The quantitative estimate of drug-likeness (QED) is 0.307. The lowest BCUT2D eigenvalue weighted by atomic mass is 10.1. The van der Waals surface area contributed by atoms with Crippen molar-refractivity contribution >= 4 is 23.2 Å². The first kappa shape index (κ1) is 28.2.